The topological polar surface area (TPSA) is 58.2 Å². The van der Waals surface area contributed by atoms with Crippen molar-refractivity contribution in [3.05, 3.63) is 71.9 Å². The number of H-pyrrole nitrogens is 1. The summed E-state index contributed by atoms with van der Waals surface area (Å²) in [6.45, 7) is 4.84. The van der Waals surface area contributed by atoms with Gasteiger partial charge in [-0.05, 0) is 26.0 Å². The maximum absolute atomic E-state index is 13.2. The van der Waals surface area contributed by atoms with Gasteiger partial charge in [0.05, 0.1) is 5.69 Å². The minimum atomic E-state index is -0.935. The van der Waals surface area contributed by atoms with Crippen LogP contribution < -0.4 is 4.74 Å². The molecule has 0 aliphatic carbocycles. The first-order chi connectivity index (χ1) is 13.0. The maximum Gasteiger partial charge on any atom is 0.266 e. The van der Waals surface area contributed by atoms with E-state index in [0.29, 0.717) is 18.8 Å². The molecule has 3 aromatic rings. The van der Waals surface area contributed by atoms with Crippen LogP contribution in [-0.4, -0.2) is 33.2 Å². The summed E-state index contributed by atoms with van der Waals surface area (Å²) in [5.41, 5.74) is 3.25. The number of nitrogens with zero attached hydrogens (tertiary/aromatic N) is 2. The standard InChI is InChI=1S/C22H23N3O2/c1-22(2,27-17-11-7-4-8-12-17)21(26)25-14-13-19-18(15-25)20(24-23-19)16-9-5-3-6-10-16/h3-12H,13-15H2,1-2H3,(H,23,24). The molecule has 4 rings (SSSR count). The average molecular weight is 361 g/mol. The van der Waals surface area contributed by atoms with E-state index in [1.807, 2.05) is 79.4 Å². The van der Waals surface area contributed by atoms with Crippen LogP contribution in [0.1, 0.15) is 25.1 Å². The molecule has 2 heterocycles. The molecule has 0 saturated heterocycles. The number of fused-ring (bicyclic) bond motifs is 1. The van der Waals surface area contributed by atoms with Crippen molar-refractivity contribution in [2.24, 2.45) is 0 Å². The number of amides is 1. The van der Waals surface area contributed by atoms with Gasteiger partial charge < -0.3 is 9.64 Å². The maximum atomic E-state index is 13.2. The molecule has 5 heteroatoms. The van der Waals surface area contributed by atoms with Crippen molar-refractivity contribution in [1.82, 2.24) is 15.1 Å². The fourth-order valence-corrected chi connectivity index (χ4v) is 3.51. The lowest BCUT2D eigenvalue weighted by atomic mass is 9.99. The third kappa shape index (κ3) is 3.45. The van der Waals surface area contributed by atoms with E-state index in [1.54, 1.807) is 0 Å². The van der Waals surface area contributed by atoms with Crippen LogP contribution in [0.2, 0.25) is 0 Å². The van der Waals surface area contributed by atoms with Crippen molar-refractivity contribution in [2.75, 3.05) is 6.54 Å². The summed E-state index contributed by atoms with van der Waals surface area (Å²) in [6.07, 6.45) is 0.766. The van der Waals surface area contributed by atoms with Gasteiger partial charge in [0.2, 0.25) is 0 Å². The normalized spacial score (nSPS) is 13.9. The highest BCUT2D eigenvalue weighted by Crippen LogP contribution is 2.30. The van der Waals surface area contributed by atoms with E-state index in [1.165, 1.54) is 0 Å². The first-order valence-electron chi connectivity index (χ1n) is 9.19. The predicted molar refractivity (Wildman–Crippen MR) is 104 cm³/mol. The zero-order chi connectivity index (χ0) is 18.9. The molecule has 0 unspecified atom stereocenters. The van der Waals surface area contributed by atoms with Gasteiger partial charge in [0.1, 0.15) is 5.75 Å². The Bertz CT molecular complexity index is 933. The number of carbonyl (C=O) groups is 1. The van der Waals surface area contributed by atoms with Crippen molar-refractivity contribution < 1.29 is 9.53 Å². The SMILES string of the molecule is CC(C)(Oc1ccccc1)C(=O)N1CCc2[nH]nc(-c3ccccc3)c2C1. The van der Waals surface area contributed by atoms with E-state index in [4.69, 9.17) is 4.74 Å². The van der Waals surface area contributed by atoms with E-state index < -0.39 is 5.60 Å². The Balaban J connectivity index is 1.55. The van der Waals surface area contributed by atoms with Gasteiger partial charge in [-0.3, -0.25) is 9.89 Å². The fraction of sp³-hybridized carbons (Fsp3) is 0.273. The van der Waals surface area contributed by atoms with Crippen LogP contribution >= 0.6 is 0 Å². The van der Waals surface area contributed by atoms with Crippen LogP contribution in [0, 0.1) is 0 Å². The average Bonchev–Trinajstić information content (AvgIpc) is 3.11. The third-order valence-electron chi connectivity index (χ3n) is 4.90. The first kappa shape index (κ1) is 17.3. The van der Waals surface area contributed by atoms with Gasteiger partial charge in [-0.15, -0.1) is 0 Å². The Hall–Kier alpha value is -3.08. The Morgan fingerprint density at radius 1 is 1.07 bits per heavy atom. The van der Waals surface area contributed by atoms with Crippen LogP contribution in [0.25, 0.3) is 11.3 Å². The van der Waals surface area contributed by atoms with Crippen LogP contribution in [0.3, 0.4) is 0 Å². The van der Waals surface area contributed by atoms with Gasteiger partial charge in [0, 0.05) is 36.3 Å². The zero-order valence-corrected chi connectivity index (χ0v) is 15.6. The molecule has 138 valence electrons. The molecule has 5 nitrogen and oxygen atoms in total. The van der Waals surface area contributed by atoms with Crippen molar-refractivity contribution in [1.29, 1.82) is 0 Å². The fourth-order valence-electron chi connectivity index (χ4n) is 3.51. The minimum absolute atomic E-state index is 0.0165. The molecule has 1 N–H and O–H groups in total. The first-order valence-corrected chi connectivity index (χ1v) is 9.19. The number of hydrogen-bond donors (Lipinski definition) is 1. The van der Waals surface area contributed by atoms with Crippen molar-refractivity contribution in [3.8, 4) is 17.0 Å². The molecule has 0 radical (unpaired) electrons. The summed E-state index contributed by atoms with van der Waals surface area (Å²) in [6, 6.07) is 19.5. The molecule has 0 fully saturated rings. The second-order valence-electron chi connectivity index (χ2n) is 7.30. The van der Waals surface area contributed by atoms with Crippen molar-refractivity contribution in [3.63, 3.8) is 0 Å². The molecule has 0 spiro atoms. The molecular weight excluding hydrogens is 338 g/mol. The summed E-state index contributed by atoms with van der Waals surface area (Å²) in [7, 11) is 0. The number of para-hydroxylation sites is 1. The minimum Gasteiger partial charge on any atom is -0.478 e. The highest BCUT2D eigenvalue weighted by molar-refractivity contribution is 5.85. The lowest BCUT2D eigenvalue weighted by Gasteiger charge is -2.34. The summed E-state index contributed by atoms with van der Waals surface area (Å²) >= 11 is 0. The number of benzene rings is 2. The molecule has 1 aliphatic rings. The van der Waals surface area contributed by atoms with E-state index >= 15 is 0 Å². The summed E-state index contributed by atoms with van der Waals surface area (Å²) in [4.78, 5) is 15.0. The monoisotopic (exact) mass is 361 g/mol. The molecule has 0 atom stereocenters. The summed E-state index contributed by atoms with van der Waals surface area (Å²) in [5.74, 6) is 0.680. The summed E-state index contributed by atoms with van der Waals surface area (Å²) in [5, 5.41) is 7.64. The van der Waals surface area contributed by atoms with E-state index in [9.17, 15) is 4.79 Å². The Kier molecular flexibility index (Phi) is 4.44. The quantitative estimate of drug-likeness (QED) is 0.768. The lowest BCUT2D eigenvalue weighted by molar-refractivity contribution is -0.146. The molecule has 1 aliphatic heterocycles. The molecule has 27 heavy (non-hydrogen) atoms. The number of hydrogen-bond acceptors (Lipinski definition) is 3. The largest absolute Gasteiger partial charge is 0.478 e. The molecular formula is C22H23N3O2. The van der Waals surface area contributed by atoms with E-state index in [-0.39, 0.29) is 5.91 Å². The van der Waals surface area contributed by atoms with Gasteiger partial charge in [-0.1, -0.05) is 48.5 Å². The number of aromatic amines is 1. The number of rotatable bonds is 4. The molecule has 1 aromatic heterocycles. The highest BCUT2D eigenvalue weighted by Gasteiger charge is 2.36. The van der Waals surface area contributed by atoms with Gasteiger partial charge in [-0.2, -0.15) is 5.10 Å². The number of nitrogens with one attached hydrogen (secondary N) is 1. The molecule has 0 saturated carbocycles. The highest BCUT2D eigenvalue weighted by atomic mass is 16.5. The Morgan fingerprint density at radius 2 is 1.74 bits per heavy atom. The molecule has 1 amide bonds. The van der Waals surface area contributed by atoms with Crippen molar-refractivity contribution >= 4 is 5.91 Å². The van der Waals surface area contributed by atoms with Gasteiger partial charge in [0.25, 0.3) is 5.91 Å². The predicted octanol–water partition coefficient (Wildman–Crippen LogP) is 3.82. The third-order valence-corrected chi connectivity index (χ3v) is 4.90. The number of carbonyl (C=O) groups excluding carboxylic acids is 1. The van der Waals surface area contributed by atoms with Gasteiger partial charge >= 0.3 is 0 Å². The van der Waals surface area contributed by atoms with Crippen LogP contribution in [-0.2, 0) is 17.8 Å². The van der Waals surface area contributed by atoms with Crippen molar-refractivity contribution in [2.45, 2.75) is 32.4 Å². The van der Waals surface area contributed by atoms with E-state index in [0.717, 1.165) is 28.9 Å². The Morgan fingerprint density at radius 3 is 2.44 bits per heavy atom. The zero-order valence-electron chi connectivity index (χ0n) is 15.6. The second-order valence-corrected chi connectivity index (χ2v) is 7.30. The van der Waals surface area contributed by atoms with Gasteiger partial charge in [0.15, 0.2) is 5.60 Å². The number of ether oxygens (including phenoxy) is 1. The molecule has 0 bridgehead atoms. The smallest absolute Gasteiger partial charge is 0.266 e. The lowest BCUT2D eigenvalue weighted by Crippen LogP contribution is -2.50. The van der Waals surface area contributed by atoms with Crippen LogP contribution in [0.15, 0.2) is 60.7 Å². The number of aromatic nitrogens is 2. The summed E-state index contributed by atoms with van der Waals surface area (Å²) < 4.78 is 5.99. The second kappa shape index (κ2) is 6.91. The van der Waals surface area contributed by atoms with Gasteiger partial charge in [-0.25, -0.2) is 0 Å². The van der Waals surface area contributed by atoms with Crippen LogP contribution in [0.5, 0.6) is 5.75 Å². The van der Waals surface area contributed by atoms with Crippen LogP contribution in [0.4, 0.5) is 0 Å². The Labute approximate surface area is 159 Å². The molecule has 2 aromatic carbocycles. The van der Waals surface area contributed by atoms with E-state index in [2.05, 4.69) is 10.2 Å².